The van der Waals surface area contributed by atoms with Crippen LogP contribution in [-0.4, -0.2) is 30.4 Å². The highest BCUT2D eigenvalue weighted by Gasteiger charge is 2.25. The minimum Gasteiger partial charge on any atom is -0.338 e. The minimum atomic E-state index is -0.0885. The zero-order chi connectivity index (χ0) is 15.3. The Morgan fingerprint density at radius 1 is 1.45 bits per heavy atom. The van der Waals surface area contributed by atoms with Crippen LogP contribution in [0.2, 0.25) is 5.02 Å². The number of benzene rings is 1. The Balaban J connectivity index is 3.02. The maximum absolute atomic E-state index is 12.7. The Bertz CT molecular complexity index is 477. The number of rotatable bonds is 6. The Kier molecular flexibility index (Phi) is 6.75. The van der Waals surface area contributed by atoms with Gasteiger partial charge in [-0.05, 0) is 59.2 Å². The molecule has 0 unspecified atom stereocenters. The number of amides is 1. The summed E-state index contributed by atoms with van der Waals surface area (Å²) < 4.78 is 0.920. The number of carbonyl (C=O) groups excluding carboxylic acids is 1. The SMILES string of the molecule is CCCN(CC(C)(C)CN)C(=O)c1cc(Cl)ccc1I. The van der Waals surface area contributed by atoms with Crippen molar-refractivity contribution in [2.75, 3.05) is 19.6 Å². The summed E-state index contributed by atoms with van der Waals surface area (Å²) in [4.78, 5) is 14.6. The van der Waals surface area contributed by atoms with Crippen molar-refractivity contribution >= 4 is 40.1 Å². The molecule has 3 nitrogen and oxygen atoms in total. The monoisotopic (exact) mass is 408 g/mol. The van der Waals surface area contributed by atoms with E-state index in [4.69, 9.17) is 17.3 Å². The summed E-state index contributed by atoms with van der Waals surface area (Å²) in [5, 5.41) is 0.586. The fraction of sp³-hybridized carbons (Fsp3) is 0.533. The number of hydrogen-bond acceptors (Lipinski definition) is 2. The first kappa shape index (κ1) is 17.7. The Hall–Kier alpha value is -0.330. The zero-order valence-electron chi connectivity index (χ0n) is 12.2. The first-order valence-corrected chi connectivity index (χ1v) is 8.21. The van der Waals surface area contributed by atoms with E-state index < -0.39 is 0 Å². The van der Waals surface area contributed by atoms with E-state index in [1.807, 2.05) is 11.0 Å². The van der Waals surface area contributed by atoms with Crippen molar-refractivity contribution in [1.29, 1.82) is 0 Å². The van der Waals surface area contributed by atoms with Gasteiger partial charge in [0.1, 0.15) is 0 Å². The first-order valence-electron chi connectivity index (χ1n) is 6.75. The van der Waals surface area contributed by atoms with Crippen molar-refractivity contribution in [3.63, 3.8) is 0 Å². The van der Waals surface area contributed by atoms with Crippen LogP contribution in [0.5, 0.6) is 0 Å². The van der Waals surface area contributed by atoms with Crippen molar-refractivity contribution < 1.29 is 4.79 Å². The lowest BCUT2D eigenvalue weighted by Gasteiger charge is -2.32. The zero-order valence-corrected chi connectivity index (χ0v) is 15.2. The van der Waals surface area contributed by atoms with Gasteiger partial charge in [0.25, 0.3) is 5.91 Å². The van der Waals surface area contributed by atoms with E-state index in [1.54, 1.807) is 12.1 Å². The van der Waals surface area contributed by atoms with E-state index in [2.05, 4.69) is 43.4 Å². The van der Waals surface area contributed by atoms with Gasteiger partial charge in [-0.3, -0.25) is 4.79 Å². The van der Waals surface area contributed by atoms with E-state index in [-0.39, 0.29) is 11.3 Å². The van der Waals surface area contributed by atoms with Crippen LogP contribution in [-0.2, 0) is 0 Å². The van der Waals surface area contributed by atoms with Crippen LogP contribution in [0.3, 0.4) is 0 Å². The molecule has 0 saturated heterocycles. The molecule has 0 radical (unpaired) electrons. The van der Waals surface area contributed by atoms with E-state index in [9.17, 15) is 4.79 Å². The van der Waals surface area contributed by atoms with Crippen LogP contribution in [0.4, 0.5) is 0 Å². The third kappa shape index (κ3) is 4.90. The van der Waals surface area contributed by atoms with Crippen LogP contribution >= 0.6 is 34.2 Å². The molecule has 0 heterocycles. The lowest BCUT2D eigenvalue weighted by molar-refractivity contribution is 0.0688. The molecule has 5 heteroatoms. The van der Waals surface area contributed by atoms with Gasteiger partial charge in [0.05, 0.1) is 5.56 Å². The molecular weight excluding hydrogens is 387 g/mol. The average Bonchev–Trinajstić information content (AvgIpc) is 2.40. The van der Waals surface area contributed by atoms with Gasteiger partial charge in [0.2, 0.25) is 0 Å². The second-order valence-corrected chi connectivity index (χ2v) is 7.32. The smallest absolute Gasteiger partial charge is 0.254 e. The van der Waals surface area contributed by atoms with Gasteiger partial charge in [0.15, 0.2) is 0 Å². The molecule has 0 fully saturated rings. The molecule has 1 aromatic rings. The summed E-state index contributed by atoms with van der Waals surface area (Å²) in [6, 6.07) is 5.41. The Labute approximate surface area is 140 Å². The van der Waals surface area contributed by atoms with E-state index >= 15 is 0 Å². The molecule has 0 aromatic heterocycles. The van der Waals surface area contributed by atoms with Crippen LogP contribution in [0, 0.1) is 8.99 Å². The first-order chi connectivity index (χ1) is 9.30. The predicted octanol–water partition coefficient (Wildman–Crippen LogP) is 3.78. The summed E-state index contributed by atoms with van der Waals surface area (Å²) in [5.74, 6) is 0.0280. The van der Waals surface area contributed by atoms with Crippen LogP contribution < -0.4 is 5.73 Å². The second-order valence-electron chi connectivity index (χ2n) is 5.72. The Morgan fingerprint density at radius 2 is 2.10 bits per heavy atom. The number of nitrogens with two attached hydrogens (primary N) is 1. The molecule has 0 spiro atoms. The number of hydrogen-bond donors (Lipinski definition) is 1. The summed E-state index contributed by atoms with van der Waals surface area (Å²) in [5.41, 5.74) is 6.36. The fourth-order valence-corrected chi connectivity index (χ4v) is 2.67. The maximum Gasteiger partial charge on any atom is 0.254 e. The molecule has 0 bridgehead atoms. The molecule has 20 heavy (non-hydrogen) atoms. The van der Waals surface area contributed by atoms with Crippen molar-refractivity contribution in [2.45, 2.75) is 27.2 Å². The van der Waals surface area contributed by atoms with Crippen LogP contribution in [0.25, 0.3) is 0 Å². The molecule has 1 amide bonds. The van der Waals surface area contributed by atoms with Gasteiger partial charge < -0.3 is 10.6 Å². The molecular formula is C15H22ClIN2O. The average molecular weight is 409 g/mol. The van der Waals surface area contributed by atoms with E-state index in [0.29, 0.717) is 23.7 Å². The normalized spacial score (nSPS) is 11.5. The predicted molar refractivity (Wildman–Crippen MR) is 93.2 cm³/mol. The van der Waals surface area contributed by atoms with Gasteiger partial charge in [-0.2, -0.15) is 0 Å². The van der Waals surface area contributed by atoms with E-state index in [1.165, 1.54) is 0 Å². The van der Waals surface area contributed by atoms with Crippen LogP contribution in [0.15, 0.2) is 18.2 Å². The molecule has 0 saturated carbocycles. The van der Waals surface area contributed by atoms with Crippen LogP contribution in [0.1, 0.15) is 37.6 Å². The lowest BCUT2D eigenvalue weighted by atomic mass is 9.92. The van der Waals surface area contributed by atoms with Crippen molar-refractivity contribution in [1.82, 2.24) is 4.90 Å². The summed E-state index contributed by atoms with van der Waals surface area (Å²) in [6.45, 7) is 8.15. The largest absolute Gasteiger partial charge is 0.338 e. The molecule has 1 rings (SSSR count). The standard InChI is InChI=1S/C15H22ClIN2O/c1-4-7-19(10-15(2,3)9-18)14(20)12-8-11(16)5-6-13(12)17/h5-6,8H,4,7,9-10,18H2,1-3H3. The summed E-state index contributed by atoms with van der Waals surface area (Å²) in [6.07, 6.45) is 0.920. The minimum absolute atomic E-state index is 0.0280. The number of carbonyl (C=O) groups is 1. The topological polar surface area (TPSA) is 46.3 Å². The quantitative estimate of drug-likeness (QED) is 0.728. The van der Waals surface area contributed by atoms with Gasteiger partial charge >= 0.3 is 0 Å². The fourth-order valence-electron chi connectivity index (χ4n) is 1.94. The maximum atomic E-state index is 12.7. The van der Waals surface area contributed by atoms with Gasteiger partial charge in [-0.1, -0.05) is 32.4 Å². The highest BCUT2D eigenvalue weighted by Crippen LogP contribution is 2.22. The molecule has 0 aliphatic carbocycles. The molecule has 112 valence electrons. The van der Waals surface area contributed by atoms with Gasteiger partial charge in [0, 0.05) is 21.7 Å². The van der Waals surface area contributed by atoms with Crippen molar-refractivity contribution in [3.05, 3.63) is 32.4 Å². The highest BCUT2D eigenvalue weighted by atomic mass is 127. The molecule has 0 aliphatic rings. The summed E-state index contributed by atoms with van der Waals surface area (Å²) in [7, 11) is 0. The third-order valence-electron chi connectivity index (χ3n) is 3.11. The second kappa shape index (κ2) is 7.61. The van der Waals surface area contributed by atoms with Gasteiger partial charge in [-0.25, -0.2) is 0 Å². The third-order valence-corrected chi connectivity index (χ3v) is 4.29. The van der Waals surface area contributed by atoms with Gasteiger partial charge in [-0.15, -0.1) is 0 Å². The number of nitrogens with zero attached hydrogens (tertiary/aromatic N) is 1. The summed E-state index contributed by atoms with van der Waals surface area (Å²) >= 11 is 8.18. The highest BCUT2D eigenvalue weighted by molar-refractivity contribution is 14.1. The van der Waals surface area contributed by atoms with Crippen molar-refractivity contribution in [3.8, 4) is 0 Å². The molecule has 0 aliphatic heterocycles. The number of halogens is 2. The lowest BCUT2D eigenvalue weighted by Crippen LogP contribution is -2.42. The molecule has 1 aromatic carbocycles. The van der Waals surface area contributed by atoms with E-state index in [0.717, 1.165) is 16.5 Å². The molecule has 0 atom stereocenters. The molecule has 2 N–H and O–H groups in total. The van der Waals surface area contributed by atoms with Crippen molar-refractivity contribution in [2.24, 2.45) is 11.1 Å². The Morgan fingerprint density at radius 3 is 2.65 bits per heavy atom.